The molecule has 15 heavy (non-hydrogen) atoms. The summed E-state index contributed by atoms with van der Waals surface area (Å²) in [7, 11) is -1.74. The monoisotopic (exact) mass is 238 g/mol. The first-order valence-corrected chi connectivity index (χ1v) is 6.56. The van der Waals surface area contributed by atoms with Crippen LogP contribution in [0.3, 0.4) is 0 Å². The number of nitrogens with one attached hydrogen (secondary N) is 2. The molecule has 1 fully saturated rings. The van der Waals surface area contributed by atoms with Crippen LogP contribution in [0.15, 0.2) is 0 Å². The van der Waals surface area contributed by atoms with Gasteiger partial charge in [0, 0.05) is 26.2 Å². The summed E-state index contributed by atoms with van der Waals surface area (Å²) in [4.78, 5) is 0. The largest absolute Gasteiger partial charge is 0.384 e. The topological polar surface area (TPSA) is 76.7 Å². The van der Waals surface area contributed by atoms with E-state index >= 15 is 0 Å². The van der Waals surface area contributed by atoms with E-state index in [0.29, 0.717) is 19.8 Å². The highest BCUT2D eigenvalue weighted by atomic mass is 32.2. The van der Waals surface area contributed by atoms with E-state index in [4.69, 9.17) is 9.47 Å². The number of methoxy groups -OCH3 is 1. The van der Waals surface area contributed by atoms with Crippen molar-refractivity contribution in [3.05, 3.63) is 0 Å². The Labute approximate surface area is 90.4 Å². The zero-order valence-electron chi connectivity index (χ0n) is 8.86. The van der Waals surface area contributed by atoms with Crippen LogP contribution in [0.4, 0.5) is 0 Å². The Morgan fingerprint density at radius 2 is 2.40 bits per heavy atom. The van der Waals surface area contributed by atoms with Crippen molar-refractivity contribution >= 4 is 10.0 Å². The van der Waals surface area contributed by atoms with E-state index in [1.165, 1.54) is 7.11 Å². The van der Waals surface area contributed by atoms with Gasteiger partial charge in [-0.15, -0.1) is 0 Å². The molecule has 0 bridgehead atoms. The molecule has 2 N–H and O–H groups in total. The number of hydrogen-bond donors (Lipinski definition) is 2. The lowest BCUT2D eigenvalue weighted by atomic mass is 10.3. The van der Waals surface area contributed by atoms with E-state index in [1.54, 1.807) is 0 Å². The molecule has 0 saturated carbocycles. The first kappa shape index (κ1) is 12.9. The van der Waals surface area contributed by atoms with Gasteiger partial charge in [-0.05, 0) is 0 Å². The van der Waals surface area contributed by atoms with Gasteiger partial charge in [0.25, 0.3) is 0 Å². The van der Waals surface area contributed by atoms with Gasteiger partial charge in [0.2, 0.25) is 10.0 Å². The Bertz CT molecular complexity index is 262. The van der Waals surface area contributed by atoms with Crippen molar-refractivity contribution in [3.63, 3.8) is 0 Å². The van der Waals surface area contributed by atoms with Crippen LogP contribution in [0.2, 0.25) is 0 Å². The third-order valence-corrected chi connectivity index (χ3v) is 3.41. The van der Waals surface area contributed by atoms with E-state index in [2.05, 4.69) is 10.0 Å². The second kappa shape index (κ2) is 6.39. The average Bonchev–Trinajstić information content (AvgIpc) is 2.25. The second-order valence-electron chi connectivity index (χ2n) is 3.39. The maximum Gasteiger partial charge on any atom is 0.213 e. The SMILES string of the molecule is COCCS(=O)(=O)NCC1COCCN1. The number of sulfonamides is 1. The number of ether oxygens (including phenoxy) is 2. The van der Waals surface area contributed by atoms with Gasteiger partial charge in [-0.1, -0.05) is 0 Å². The minimum atomic E-state index is -3.21. The maximum absolute atomic E-state index is 11.4. The summed E-state index contributed by atoms with van der Waals surface area (Å²) in [5.41, 5.74) is 0. The smallest absolute Gasteiger partial charge is 0.213 e. The third kappa shape index (κ3) is 5.43. The lowest BCUT2D eigenvalue weighted by Gasteiger charge is -2.23. The Kier molecular flexibility index (Phi) is 5.48. The average molecular weight is 238 g/mol. The maximum atomic E-state index is 11.4. The van der Waals surface area contributed by atoms with Gasteiger partial charge in [-0.2, -0.15) is 0 Å². The molecule has 0 aromatic rings. The summed E-state index contributed by atoms with van der Waals surface area (Å²) in [5, 5.41) is 3.16. The van der Waals surface area contributed by atoms with E-state index in [-0.39, 0.29) is 18.4 Å². The van der Waals surface area contributed by atoms with Crippen molar-refractivity contribution in [1.29, 1.82) is 0 Å². The quantitative estimate of drug-likeness (QED) is 0.591. The van der Waals surface area contributed by atoms with Gasteiger partial charge >= 0.3 is 0 Å². The summed E-state index contributed by atoms with van der Waals surface area (Å²) in [6.45, 7) is 2.58. The molecule has 1 aliphatic rings. The molecule has 1 rings (SSSR count). The molecule has 1 heterocycles. The number of morpholine rings is 1. The summed E-state index contributed by atoms with van der Waals surface area (Å²) < 4.78 is 35.2. The molecule has 6 nitrogen and oxygen atoms in total. The zero-order chi connectivity index (χ0) is 11.1. The Morgan fingerprint density at radius 1 is 1.60 bits per heavy atom. The molecule has 1 atom stereocenters. The summed E-state index contributed by atoms with van der Waals surface area (Å²) in [6.07, 6.45) is 0. The normalized spacial score (nSPS) is 22.9. The Morgan fingerprint density at radius 3 is 3.00 bits per heavy atom. The van der Waals surface area contributed by atoms with Gasteiger partial charge in [0.15, 0.2) is 0 Å². The van der Waals surface area contributed by atoms with Gasteiger partial charge in [0.05, 0.1) is 25.6 Å². The molecule has 0 spiro atoms. The fourth-order valence-corrected chi connectivity index (χ4v) is 2.23. The van der Waals surface area contributed by atoms with Crippen molar-refractivity contribution in [2.75, 3.05) is 45.8 Å². The first-order chi connectivity index (χ1) is 7.14. The molecule has 1 aliphatic heterocycles. The van der Waals surface area contributed by atoms with Crippen LogP contribution in [0.5, 0.6) is 0 Å². The lowest BCUT2D eigenvalue weighted by molar-refractivity contribution is 0.0784. The van der Waals surface area contributed by atoms with Crippen molar-refractivity contribution in [2.45, 2.75) is 6.04 Å². The molecule has 0 amide bonds. The van der Waals surface area contributed by atoms with Gasteiger partial charge < -0.3 is 14.8 Å². The molecule has 0 aromatic carbocycles. The molecule has 0 aromatic heterocycles. The predicted molar refractivity (Wildman–Crippen MR) is 56.3 cm³/mol. The van der Waals surface area contributed by atoms with E-state index in [9.17, 15) is 8.42 Å². The highest BCUT2D eigenvalue weighted by molar-refractivity contribution is 7.89. The molecule has 90 valence electrons. The van der Waals surface area contributed by atoms with Crippen LogP contribution in [-0.2, 0) is 19.5 Å². The highest BCUT2D eigenvalue weighted by Gasteiger charge is 2.16. The van der Waals surface area contributed by atoms with Crippen LogP contribution in [-0.4, -0.2) is 60.2 Å². The molecule has 1 unspecified atom stereocenters. The molecule has 1 saturated heterocycles. The fraction of sp³-hybridized carbons (Fsp3) is 1.00. The van der Waals surface area contributed by atoms with Crippen molar-refractivity contribution in [2.24, 2.45) is 0 Å². The molecular formula is C8H18N2O4S. The molecular weight excluding hydrogens is 220 g/mol. The van der Waals surface area contributed by atoms with E-state index in [1.807, 2.05) is 0 Å². The fourth-order valence-electron chi connectivity index (χ4n) is 1.24. The first-order valence-electron chi connectivity index (χ1n) is 4.91. The van der Waals surface area contributed by atoms with E-state index in [0.717, 1.165) is 6.54 Å². The summed E-state index contributed by atoms with van der Waals surface area (Å²) in [6, 6.07) is 0.0658. The van der Waals surface area contributed by atoms with Crippen LogP contribution < -0.4 is 10.0 Å². The molecule has 7 heteroatoms. The van der Waals surface area contributed by atoms with Gasteiger partial charge in [-0.25, -0.2) is 13.1 Å². The Balaban J connectivity index is 2.22. The van der Waals surface area contributed by atoms with Crippen molar-refractivity contribution in [1.82, 2.24) is 10.0 Å². The molecule has 0 aliphatic carbocycles. The minimum Gasteiger partial charge on any atom is -0.384 e. The van der Waals surface area contributed by atoms with Crippen LogP contribution in [0.25, 0.3) is 0 Å². The van der Waals surface area contributed by atoms with Crippen molar-refractivity contribution < 1.29 is 17.9 Å². The standard InChI is InChI=1S/C8H18N2O4S/c1-13-4-5-15(11,12)10-6-8-7-14-3-2-9-8/h8-10H,2-7H2,1H3. The lowest BCUT2D eigenvalue weighted by Crippen LogP contribution is -2.48. The predicted octanol–water partition coefficient (Wildman–Crippen LogP) is -1.46. The Hall–Kier alpha value is -0.210. The zero-order valence-corrected chi connectivity index (χ0v) is 9.68. The van der Waals surface area contributed by atoms with Crippen LogP contribution in [0.1, 0.15) is 0 Å². The van der Waals surface area contributed by atoms with Crippen LogP contribution in [0, 0.1) is 0 Å². The second-order valence-corrected chi connectivity index (χ2v) is 5.31. The highest BCUT2D eigenvalue weighted by Crippen LogP contribution is 1.93. The number of rotatable bonds is 6. The van der Waals surface area contributed by atoms with E-state index < -0.39 is 10.0 Å². The summed E-state index contributed by atoms with van der Waals surface area (Å²) in [5.74, 6) is -0.00290. The van der Waals surface area contributed by atoms with Crippen LogP contribution >= 0.6 is 0 Å². The minimum absolute atomic E-state index is 0.00290. The number of hydrogen-bond acceptors (Lipinski definition) is 5. The summed E-state index contributed by atoms with van der Waals surface area (Å²) >= 11 is 0. The van der Waals surface area contributed by atoms with Crippen molar-refractivity contribution in [3.8, 4) is 0 Å². The third-order valence-electron chi connectivity index (χ3n) is 2.10. The van der Waals surface area contributed by atoms with Gasteiger partial charge in [-0.3, -0.25) is 0 Å². The van der Waals surface area contributed by atoms with Gasteiger partial charge in [0.1, 0.15) is 0 Å². The molecule has 0 radical (unpaired) electrons.